The minimum atomic E-state index is -0.265. The van der Waals surface area contributed by atoms with Crippen molar-refractivity contribution in [1.82, 2.24) is 9.80 Å². The smallest absolute Gasteiger partial charge is 0.332 e. The van der Waals surface area contributed by atoms with Gasteiger partial charge in [-0.1, -0.05) is 78.9 Å². The third-order valence-electron chi connectivity index (χ3n) is 7.05. The third-order valence-corrected chi connectivity index (χ3v) is 7.05. The van der Waals surface area contributed by atoms with Crippen molar-refractivity contribution in [3.05, 3.63) is 102 Å². The second-order valence-corrected chi connectivity index (χ2v) is 9.17. The summed E-state index contributed by atoms with van der Waals surface area (Å²) in [7, 11) is 0. The van der Waals surface area contributed by atoms with Crippen LogP contribution in [0, 0.1) is 0 Å². The van der Waals surface area contributed by atoms with E-state index in [1.165, 1.54) is 4.90 Å². The maximum atomic E-state index is 13.3. The number of carbonyl (C=O) groups excluding carboxylic acids is 3. The van der Waals surface area contributed by atoms with Crippen LogP contribution in [0.25, 0.3) is 0 Å². The highest BCUT2D eigenvalue weighted by Gasteiger charge is 2.41. The molecule has 5 rings (SSSR count). The molecule has 2 saturated heterocycles. The Morgan fingerprint density at radius 3 is 1.83 bits per heavy atom. The van der Waals surface area contributed by atoms with Gasteiger partial charge in [0.2, 0.25) is 5.91 Å². The van der Waals surface area contributed by atoms with Crippen molar-refractivity contribution in [1.29, 1.82) is 0 Å². The summed E-state index contributed by atoms with van der Waals surface area (Å²) >= 11 is 0. The summed E-state index contributed by atoms with van der Waals surface area (Å²) in [6.07, 6.45) is 1.76. The number of likely N-dealkylation sites (tertiary alicyclic amines) is 1. The number of hydrogen-bond donors (Lipinski definition) is 0. The second kappa shape index (κ2) is 10.1. The van der Waals surface area contributed by atoms with Crippen LogP contribution in [0.5, 0.6) is 0 Å². The van der Waals surface area contributed by atoms with Gasteiger partial charge in [-0.3, -0.25) is 9.59 Å². The maximum Gasteiger partial charge on any atom is 0.332 e. The highest BCUT2D eigenvalue weighted by molar-refractivity contribution is 6.19. The summed E-state index contributed by atoms with van der Waals surface area (Å²) in [5.74, 6) is -0.0796. The number of rotatable bonds is 6. The highest BCUT2D eigenvalue weighted by atomic mass is 16.2. The van der Waals surface area contributed by atoms with Crippen molar-refractivity contribution in [2.45, 2.75) is 31.2 Å². The predicted octanol–water partition coefficient (Wildman–Crippen LogP) is 4.67. The summed E-state index contributed by atoms with van der Waals surface area (Å²) in [5, 5.41) is 0. The van der Waals surface area contributed by atoms with E-state index in [1.54, 1.807) is 17.0 Å². The molecular weight excluding hydrogens is 438 g/mol. The van der Waals surface area contributed by atoms with Crippen LogP contribution in [0.1, 0.15) is 36.3 Å². The first-order valence-corrected chi connectivity index (χ1v) is 12.2. The van der Waals surface area contributed by atoms with Crippen LogP contribution in [-0.2, 0) is 9.59 Å². The molecule has 0 bridgehead atoms. The maximum absolute atomic E-state index is 13.3. The van der Waals surface area contributed by atoms with E-state index >= 15 is 0 Å². The fraction of sp³-hybridized carbons (Fsp3) is 0.276. The molecule has 4 amide bonds. The van der Waals surface area contributed by atoms with Crippen LogP contribution in [0.15, 0.2) is 91.0 Å². The van der Waals surface area contributed by atoms with E-state index in [-0.39, 0.29) is 36.3 Å². The van der Waals surface area contributed by atoms with Crippen molar-refractivity contribution in [3.63, 3.8) is 0 Å². The van der Waals surface area contributed by atoms with Crippen molar-refractivity contribution >= 4 is 23.5 Å². The van der Waals surface area contributed by atoms with Crippen molar-refractivity contribution in [2.24, 2.45) is 0 Å². The average molecular weight is 468 g/mol. The summed E-state index contributed by atoms with van der Waals surface area (Å²) in [5.41, 5.74) is 2.86. The molecule has 0 aliphatic carbocycles. The second-order valence-electron chi connectivity index (χ2n) is 9.17. The Morgan fingerprint density at radius 2 is 1.29 bits per heavy atom. The molecule has 0 unspecified atom stereocenters. The zero-order valence-corrected chi connectivity index (χ0v) is 19.6. The van der Waals surface area contributed by atoms with Crippen LogP contribution in [0.4, 0.5) is 10.5 Å². The molecule has 2 aliphatic heterocycles. The summed E-state index contributed by atoms with van der Waals surface area (Å²) in [6.45, 7) is 1.27. The molecule has 2 heterocycles. The van der Waals surface area contributed by atoms with Crippen LogP contribution in [0.2, 0.25) is 0 Å². The van der Waals surface area contributed by atoms with E-state index in [0.29, 0.717) is 38.0 Å². The quantitative estimate of drug-likeness (QED) is 0.495. The minimum Gasteiger partial charge on any atom is -0.343 e. The molecule has 0 radical (unpaired) electrons. The number of benzene rings is 3. The summed E-state index contributed by atoms with van der Waals surface area (Å²) < 4.78 is 0. The van der Waals surface area contributed by atoms with E-state index in [2.05, 4.69) is 24.3 Å². The van der Waals surface area contributed by atoms with Gasteiger partial charge in [-0.05, 0) is 36.1 Å². The zero-order chi connectivity index (χ0) is 24.2. The summed E-state index contributed by atoms with van der Waals surface area (Å²) in [4.78, 5) is 43.8. The molecule has 6 heteroatoms. The van der Waals surface area contributed by atoms with E-state index < -0.39 is 0 Å². The molecule has 0 atom stereocenters. The molecule has 3 aromatic rings. The van der Waals surface area contributed by atoms with Gasteiger partial charge in [-0.2, -0.15) is 0 Å². The van der Waals surface area contributed by atoms with Gasteiger partial charge in [0, 0.05) is 31.5 Å². The third kappa shape index (κ3) is 4.83. The summed E-state index contributed by atoms with van der Waals surface area (Å²) in [6, 6.07) is 29.1. The van der Waals surface area contributed by atoms with Gasteiger partial charge in [-0.15, -0.1) is 0 Å². The van der Waals surface area contributed by atoms with Crippen molar-refractivity contribution in [3.8, 4) is 0 Å². The van der Waals surface area contributed by atoms with Crippen molar-refractivity contribution < 1.29 is 14.4 Å². The van der Waals surface area contributed by atoms with E-state index in [0.717, 1.165) is 11.1 Å². The number of para-hydroxylation sites is 1. The number of imide groups is 1. The zero-order valence-electron chi connectivity index (χ0n) is 19.6. The molecule has 0 aromatic heterocycles. The van der Waals surface area contributed by atoms with Gasteiger partial charge < -0.3 is 9.80 Å². The van der Waals surface area contributed by atoms with E-state index in [1.807, 2.05) is 59.5 Å². The Morgan fingerprint density at radius 1 is 0.771 bits per heavy atom. The van der Waals surface area contributed by atoms with Gasteiger partial charge in [0.1, 0.15) is 6.54 Å². The topological polar surface area (TPSA) is 60.9 Å². The minimum absolute atomic E-state index is 0.000152. The lowest BCUT2D eigenvalue weighted by Gasteiger charge is -2.36. The number of piperidine rings is 1. The largest absolute Gasteiger partial charge is 0.343 e. The molecule has 2 fully saturated rings. The highest BCUT2D eigenvalue weighted by Crippen LogP contribution is 2.30. The van der Waals surface area contributed by atoms with Gasteiger partial charge in [0.05, 0.1) is 5.69 Å². The van der Waals surface area contributed by atoms with Crippen LogP contribution >= 0.6 is 0 Å². The average Bonchev–Trinajstić information content (AvgIpc) is 3.22. The Balaban J connectivity index is 1.23. The fourth-order valence-corrected chi connectivity index (χ4v) is 5.17. The predicted molar refractivity (Wildman–Crippen MR) is 135 cm³/mol. The molecular formula is C29H29N3O3. The Hall–Kier alpha value is -3.93. The van der Waals surface area contributed by atoms with Crippen molar-refractivity contribution in [2.75, 3.05) is 24.5 Å². The Kier molecular flexibility index (Phi) is 6.62. The van der Waals surface area contributed by atoms with Crippen LogP contribution in [-0.4, -0.2) is 53.3 Å². The molecule has 3 aromatic carbocycles. The van der Waals surface area contributed by atoms with Gasteiger partial charge >= 0.3 is 6.03 Å². The molecule has 0 spiro atoms. The monoisotopic (exact) mass is 467 g/mol. The lowest BCUT2D eigenvalue weighted by molar-refractivity contribution is -0.133. The Bertz CT molecular complexity index is 1140. The molecule has 178 valence electrons. The normalized spacial score (nSPS) is 16.9. The van der Waals surface area contributed by atoms with E-state index in [4.69, 9.17) is 0 Å². The number of urea groups is 1. The van der Waals surface area contributed by atoms with Crippen LogP contribution < -0.4 is 4.90 Å². The molecule has 35 heavy (non-hydrogen) atoms. The van der Waals surface area contributed by atoms with Gasteiger partial charge in [0.25, 0.3) is 5.91 Å². The lowest BCUT2D eigenvalue weighted by Crippen LogP contribution is -2.48. The number of anilines is 1. The SMILES string of the molecule is O=C(CC(c1ccccc1)c1ccccc1)N1CCC(N2CC(=O)N(c3ccccc3)C2=O)CC1. The number of amides is 4. The van der Waals surface area contributed by atoms with E-state index in [9.17, 15) is 14.4 Å². The first-order valence-electron chi connectivity index (χ1n) is 12.2. The Labute approximate surface area is 205 Å². The standard InChI is InChI=1S/C29H29N3O3/c33-27(20-26(22-10-4-1-5-11-22)23-12-6-2-7-13-23)30-18-16-24(17-19-30)31-21-28(34)32(29(31)35)25-14-8-3-9-15-25/h1-15,24,26H,16-21H2. The molecule has 6 nitrogen and oxygen atoms in total. The first-order chi connectivity index (χ1) is 17.1. The lowest BCUT2D eigenvalue weighted by atomic mass is 9.88. The molecule has 2 aliphatic rings. The number of hydrogen-bond acceptors (Lipinski definition) is 3. The molecule has 0 N–H and O–H groups in total. The first kappa shape index (κ1) is 22.8. The fourth-order valence-electron chi connectivity index (χ4n) is 5.17. The number of carbonyl (C=O) groups is 3. The van der Waals surface area contributed by atoms with Gasteiger partial charge in [0.15, 0.2) is 0 Å². The number of nitrogens with zero attached hydrogens (tertiary/aromatic N) is 3. The molecule has 0 saturated carbocycles. The van der Waals surface area contributed by atoms with Crippen LogP contribution in [0.3, 0.4) is 0 Å². The van der Waals surface area contributed by atoms with Gasteiger partial charge in [-0.25, -0.2) is 9.69 Å².